The van der Waals surface area contributed by atoms with E-state index in [0.29, 0.717) is 6.04 Å². The summed E-state index contributed by atoms with van der Waals surface area (Å²) in [7, 11) is 0. The normalized spacial score (nSPS) is 23.4. The van der Waals surface area contributed by atoms with E-state index in [1.165, 1.54) is 16.4 Å². The lowest BCUT2D eigenvalue weighted by Crippen LogP contribution is -2.36. The second kappa shape index (κ2) is 5.17. The second-order valence-electron chi connectivity index (χ2n) is 5.18. The van der Waals surface area contributed by atoms with Crippen LogP contribution < -0.4 is 5.32 Å². The molecule has 96 valence electrons. The number of carbonyl (C=O) groups excluding carboxylic acids is 1. The van der Waals surface area contributed by atoms with Crippen LogP contribution in [0.25, 0.3) is 0 Å². The standard InChI is InChI=1S/C14H17IN2O/c15-11-3-1-10(2-4-11)14(18)17-8-7-13(9-17)16-12-5-6-12/h1-4,12-13,16H,5-9H2/t13-/m0/s1. The van der Waals surface area contributed by atoms with Gasteiger partial charge in [-0.15, -0.1) is 0 Å². The molecule has 4 heteroatoms. The fourth-order valence-corrected chi connectivity index (χ4v) is 2.80. The fraction of sp³-hybridized carbons (Fsp3) is 0.500. The Morgan fingerprint density at radius 2 is 1.89 bits per heavy atom. The van der Waals surface area contributed by atoms with E-state index in [1.807, 2.05) is 29.2 Å². The molecule has 1 saturated heterocycles. The van der Waals surface area contributed by atoms with E-state index in [0.717, 1.165) is 31.1 Å². The summed E-state index contributed by atoms with van der Waals surface area (Å²) in [4.78, 5) is 14.3. The van der Waals surface area contributed by atoms with Crippen molar-refractivity contribution in [2.24, 2.45) is 0 Å². The van der Waals surface area contributed by atoms with E-state index < -0.39 is 0 Å². The SMILES string of the molecule is O=C(c1ccc(I)cc1)N1CC[C@H](NC2CC2)C1. The van der Waals surface area contributed by atoms with Crippen molar-refractivity contribution < 1.29 is 4.79 Å². The molecule has 1 saturated carbocycles. The van der Waals surface area contributed by atoms with Crippen molar-refractivity contribution in [1.82, 2.24) is 10.2 Å². The van der Waals surface area contributed by atoms with Crippen LogP contribution in [0.15, 0.2) is 24.3 Å². The number of amides is 1. The molecular weight excluding hydrogens is 339 g/mol. The smallest absolute Gasteiger partial charge is 0.253 e. The molecule has 1 N–H and O–H groups in total. The molecule has 0 bridgehead atoms. The van der Waals surface area contributed by atoms with Gasteiger partial charge in [0, 0.05) is 34.3 Å². The molecule has 18 heavy (non-hydrogen) atoms. The summed E-state index contributed by atoms with van der Waals surface area (Å²) >= 11 is 2.26. The highest BCUT2D eigenvalue weighted by molar-refractivity contribution is 14.1. The van der Waals surface area contributed by atoms with Crippen LogP contribution in [0.2, 0.25) is 0 Å². The molecule has 0 aromatic heterocycles. The molecule has 0 unspecified atom stereocenters. The first kappa shape index (κ1) is 12.4. The van der Waals surface area contributed by atoms with E-state index >= 15 is 0 Å². The Balaban J connectivity index is 1.61. The van der Waals surface area contributed by atoms with Gasteiger partial charge in [0.05, 0.1) is 0 Å². The van der Waals surface area contributed by atoms with Crippen molar-refractivity contribution in [3.05, 3.63) is 33.4 Å². The third-order valence-electron chi connectivity index (χ3n) is 3.62. The average molecular weight is 356 g/mol. The Hall–Kier alpha value is -0.620. The molecule has 1 aliphatic heterocycles. The summed E-state index contributed by atoms with van der Waals surface area (Å²) in [5.41, 5.74) is 0.808. The van der Waals surface area contributed by atoms with Crippen molar-refractivity contribution >= 4 is 28.5 Å². The van der Waals surface area contributed by atoms with Crippen LogP contribution in [0.3, 0.4) is 0 Å². The minimum Gasteiger partial charge on any atom is -0.337 e. The number of halogens is 1. The van der Waals surface area contributed by atoms with Crippen LogP contribution in [0.1, 0.15) is 29.6 Å². The van der Waals surface area contributed by atoms with E-state index in [4.69, 9.17) is 0 Å². The summed E-state index contributed by atoms with van der Waals surface area (Å²) < 4.78 is 1.17. The van der Waals surface area contributed by atoms with Gasteiger partial charge >= 0.3 is 0 Å². The summed E-state index contributed by atoms with van der Waals surface area (Å²) in [5.74, 6) is 0.173. The molecule has 1 amide bonds. The highest BCUT2D eigenvalue weighted by Gasteiger charge is 2.31. The first-order valence-electron chi connectivity index (χ1n) is 6.53. The number of likely N-dealkylation sites (tertiary alicyclic amines) is 1. The molecule has 1 aromatic carbocycles. The number of carbonyl (C=O) groups is 1. The van der Waals surface area contributed by atoms with Crippen LogP contribution >= 0.6 is 22.6 Å². The van der Waals surface area contributed by atoms with Crippen molar-refractivity contribution in [3.63, 3.8) is 0 Å². The van der Waals surface area contributed by atoms with Crippen LogP contribution in [0.4, 0.5) is 0 Å². The predicted molar refractivity (Wildman–Crippen MR) is 79.6 cm³/mol. The quantitative estimate of drug-likeness (QED) is 0.843. The third kappa shape index (κ3) is 2.85. The fourth-order valence-electron chi connectivity index (χ4n) is 2.44. The van der Waals surface area contributed by atoms with Gasteiger partial charge in [-0.25, -0.2) is 0 Å². The average Bonchev–Trinajstić information content (AvgIpc) is 3.05. The van der Waals surface area contributed by atoms with Gasteiger partial charge < -0.3 is 10.2 Å². The van der Waals surface area contributed by atoms with Gasteiger partial charge in [0.1, 0.15) is 0 Å². The van der Waals surface area contributed by atoms with Crippen molar-refractivity contribution in [3.8, 4) is 0 Å². The molecular formula is C14H17IN2O. The predicted octanol–water partition coefficient (Wildman–Crippen LogP) is 2.26. The van der Waals surface area contributed by atoms with Gasteiger partial charge in [-0.3, -0.25) is 4.79 Å². The topological polar surface area (TPSA) is 32.3 Å². The number of nitrogens with one attached hydrogen (secondary N) is 1. The molecule has 2 aliphatic rings. The second-order valence-corrected chi connectivity index (χ2v) is 6.43. The monoisotopic (exact) mass is 356 g/mol. The van der Waals surface area contributed by atoms with Crippen LogP contribution in [-0.2, 0) is 0 Å². The Bertz CT molecular complexity index is 442. The van der Waals surface area contributed by atoms with Crippen molar-refractivity contribution in [1.29, 1.82) is 0 Å². The van der Waals surface area contributed by atoms with E-state index in [1.54, 1.807) is 0 Å². The van der Waals surface area contributed by atoms with E-state index in [9.17, 15) is 4.79 Å². The Morgan fingerprint density at radius 3 is 2.56 bits per heavy atom. The number of hydrogen-bond acceptors (Lipinski definition) is 2. The molecule has 1 aromatic rings. The summed E-state index contributed by atoms with van der Waals surface area (Å²) in [6.45, 7) is 1.75. The van der Waals surface area contributed by atoms with E-state index in [2.05, 4.69) is 27.9 Å². The lowest BCUT2D eigenvalue weighted by molar-refractivity contribution is 0.0789. The Kier molecular flexibility index (Phi) is 3.56. The summed E-state index contributed by atoms with van der Waals surface area (Å²) in [5, 5.41) is 3.60. The molecule has 1 atom stereocenters. The maximum absolute atomic E-state index is 12.3. The zero-order chi connectivity index (χ0) is 12.5. The number of nitrogens with zero attached hydrogens (tertiary/aromatic N) is 1. The van der Waals surface area contributed by atoms with E-state index in [-0.39, 0.29) is 5.91 Å². The highest BCUT2D eigenvalue weighted by atomic mass is 127. The molecule has 0 radical (unpaired) electrons. The maximum Gasteiger partial charge on any atom is 0.253 e. The lowest BCUT2D eigenvalue weighted by atomic mass is 10.2. The van der Waals surface area contributed by atoms with Gasteiger partial charge in [0.25, 0.3) is 5.91 Å². The van der Waals surface area contributed by atoms with Gasteiger partial charge in [0.2, 0.25) is 0 Å². The molecule has 3 rings (SSSR count). The van der Waals surface area contributed by atoms with Gasteiger partial charge in [-0.05, 0) is 66.1 Å². The minimum absolute atomic E-state index is 0.173. The van der Waals surface area contributed by atoms with Crippen molar-refractivity contribution in [2.75, 3.05) is 13.1 Å². The molecule has 1 aliphatic carbocycles. The van der Waals surface area contributed by atoms with Gasteiger partial charge in [0.15, 0.2) is 0 Å². The van der Waals surface area contributed by atoms with Gasteiger partial charge in [-0.2, -0.15) is 0 Å². The molecule has 3 nitrogen and oxygen atoms in total. The number of benzene rings is 1. The first-order valence-corrected chi connectivity index (χ1v) is 7.61. The zero-order valence-corrected chi connectivity index (χ0v) is 12.4. The Labute approximate surface area is 121 Å². The van der Waals surface area contributed by atoms with Gasteiger partial charge in [-0.1, -0.05) is 0 Å². The molecule has 1 heterocycles. The van der Waals surface area contributed by atoms with Crippen LogP contribution in [0.5, 0.6) is 0 Å². The van der Waals surface area contributed by atoms with Crippen LogP contribution in [-0.4, -0.2) is 36.0 Å². The minimum atomic E-state index is 0.173. The Morgan fingerprint density at radius 1 is 1.17 bits per heavy atom. The summed E-state index contributed by atoms with van der Waals surface area (Å²) in [6.07, 6.45) is 3.70. The first-order chi connectivity index (χ1) is 8.72. The van der Waals surface area contributed by atoms with Crippen LogP contribution in [0, 0.1) is 3.57 Å². The third-order valence-corrected chi connectivity index (χ3v) is 4.33. The number of rotatable bonds is 3. The van der Waals surface area contributed by atoms with Crippen molar-refractivity contribution in [2.45, 2.75) is 31.3 Å². The highest BCUT2D eigenvalue weighted by Crippen LogP contribution is 2.22. The molecule has 2 fully saturated rings. The zero-order valence-electron chi connectivity index (χ0n) is 10.2. The number of hydrogen-bond donors (Lipinski definition) is 1. The maximum atomic E-state index is 12.3. The lowest BCUT2D eigenvalue weighted by Gasteiger charge is -2.17. The molecule has 0 spiro atoms. The largest absolute Gasteiger partial charge is 0.337 e. The summed E-state index contributed by atoms with van der Waals surface area (Å²) in [6, 6.07) is 9.05.